The fourth-order valence-corrected chi connectivity index (χ4v) is 2.01. The van der Waals surface area contributed by atoms with Gasteiger partial charge in [0.15, 0.2) is 11.5 Å². The molecule has 0 spiro atoms. The second-order valence-corrected chi connectivity index (χ2v) is 5.07. The summed E-state index contributed by atoms with van der Waals surface area (Å²) in [4.78, 5) is 23.6. The first kappa shape index (κ1) is 18.7. The topological polar surface area (TPSA) is 85.6 Å². The molecule has 0 saturated carbocycles. The maximum absolute atomic E-state index is 12.1. The van der Waals surface area contributed by atoms with Gasteiger partial charge in [0, 0.05) is 6.08 Å². The van der Waals surface area contributed by atoms with Gasteiger partial charge in [-0.25, -0.2) is 9.59 Å². The Hall–Kier alpha value is -3.59. The number of benzene rings is 2. The largest absolute Gasteiger partial charge is 0.493 e. The van der Waals surface area contributed by atoms with Gasteiger partial charge in [-0.15, -0.1) is 0 Å². The summed E-state index contributed by atoms with van der Waals surface area (Å²) < 4.78 is 15.4. The number of carbonyl (C=O) groups is 2. The van der Waals surface area contributed by atoms with Crippen LogP contribution in [0.15, 0.2) is 54.6 Å². The molecule has 0 amide bonds. The van der Waals surface area contributed by atoms with Crippen LogP contribution >= 0.6 is 0 Å². The van der Waals surface area contributed by atoms with Crippen LogP contribution in [-0.2, 0) is 9.53 Å². The SMILES string of the molecule is COc1cc(/C=C/C(=O)OCCC#N)ccc1OC(=O)c1ccccc1. The molecule has 0 aliphatic carbocycles. The van der Waals surface area contributed by atoms with Crippen LogP contribution in [0, 0.1) is 11.3 Å². The standard InChI is InChI=1S/C20H17NO5/c1-24-18-14-15(9-11-19(22)25-13-5-12-21)8-10-17(18)26-20(23)16-6-3-2-4-7-16/h2-4,6-11,14H,5,13H2,1H3/b11-9+. The quantitative estimate of drug-likeness (QED) is 0.329. The lowest BCUT2D eigenvalue weighted by Crippen LogP contribution is -2.09. The van der Waals surface area contributed by atoms with Crippen molar-refractivity contribution in [3.8, 4) is 17.6 Å². The van der Waals surface area contributed by atoms with E-state index in [1.165, 1.54) is 13.2 Å². The van der Waals surface area contributed by atoms with E-state index in [2.05, 4.69) is 0 Å². The third-order valence-electron chi connectivity index (χ3n) is 3.27. The van der Waals surface area contributed by atoms with Gasteiger partial charge in [0.05, 0.1) is 25.2 Å². The van der Waals surface area contributed by atoms with Gasteiger partial charge in [-0.05, 0) is 35.9 Å². The lowest BCUT2D eigenvalue weighted by molar-refractivity contribution is -0.137. The van der Waals surface area contributed by atoms with Crippen LogP contribution < -0.4 is 9.47 Å². The van der Waals surface area contributed by atoms with E-state index < -0.39 is 11.9 Å². The van der Waals surface area contributed by atoms with Crippen LogP contribution in [0.1, 0.15) is 22.3 Å². The Kier molecular flexibility index (Phi) is 6.95. The monoisotopic (exact) mass is 351 g/mol. The fourth-order valence-electron chi connectivity index (χ4n) is 2.01. The molecule has 0 unspecified atom stereocenters. The minimum Gasteiger partial charge on any atom is -0.493 e. The van der Waals surface area contributed by atoms with Crippen LogP contribution in [0.5, 0.6) is 11.5 Å². The number of rotatable bonds is 7. The summed E-state index contributed by atoms with van der Waals surface area (Å²) in [5.41, 5.74) is 1.09. The summed E-state index contributed by atoms with van der Waals surface area (Å²) in [6, 6.07) is 15.4. The van der Waals surface area contributed by atoms with Gasteiger partial charge in [-0.1, -0.05) is 24.3 Å². The third kappa shape index (κ3) is 5.49. The average molecular weight is 351 g/mol. The molecule has 0 aliphatic rings. The molecule has 0 radical (unpaired) electrons. The van der Waals surface area contributed by atoms with Crippen LogP contribution in [0.2, 0.25) is 0 Å². The van der Waals surface area contributed by atoms with Gasteiger partial charge in [0.1, 0.15) is 6.61 Å². The summed E-state index contributed by atoms with van der Waals surface area (Å²) in [5, 5.41) is 8.40. The molecule has 2 rings (SSSR count). The van der Waals surface area contributed by atoms with Crippen molar-refractivity contribution in [1.82, 2.24) is 0 Å². The third-order valence-corrected chi connectivity index (χ3v) is 3.27. The van der Waals surface area contributed by atoms with Gasteiger partial charge in [-0.2, -0.15) is 5.26 Å². The number of ether oxygens (including phenoxy) is 3. The Bertz CT molecular complexity index is 837. The van der Waals surface area contributed by atoms with Gasteiger partial charge < -0.3 is 14.2 Å². The molecular formula is C20H17NO5. The van der Waals surface area contributed by atoms with Crippen LogP contribution in [-0.4, -0.2) is 25.7 Å². The van der Waals surface area contributed by atoms with Gasteiger partial charge >= 0.3 is 11.9 Å². The molecule has 6 nitrogen and oxygen atoms in total. The van der Waals surface area contributed by atoms with E-state index in [-0.39, 0.29) is 18.8 Å². The highest BCUT2D eigenvalue weighted by Crippen LogP contribution is 2.29. The zero-order valence-electron chi connectivity index (χ0n) is 14.2. The van der Waals surface area contributed by atoms with Gasteiger partial charge in [-0.3, -0.25) is 0 Å². The highest BCUT2D eigenvalue weighted by atomic mass is 16.6. The van der Waals surface area contributed by atoms with E-state index >= 15 is 0 Å². The van der Waals surface area contributed by atoms with Crippen molar-refractivity contribution in [2.75, 3.05) is 13.7 Å². The normalized spacial score (nSPS) is 10.2. The highest BCUT2D eigenvalue weighted by Gasteiger charge is 2.12. The number of nitriles is 1. The summed E-state index contributed by atoms with van der Waals surface area (Å²) in [5.74, 6) is -0.406. The number of esters is 2. The van der Waals surface area contributed by atoms with E-state index in [4.69, 9.17) is 19.5 Å². The van der Waals surface area contributed by atoms with Crippen molar-refractivity contribution in [3.05, 3.63) is 65.7 Å². The number of hydrogen-bond acceptors (Lipinski definition) is 6. The Balaban J connectivity index is 2.06. The second-order valence-electron chi connectivity index (χ2n) is 5.07. The molecule has 2 aromatic carbocycles. The van der Waals surface area contributed by atoms with Crippen LogP contribution in [0.25, 0.3) is 6.08 Å². The predicted molar refractivity (Wildman–Crippen MR) is 94.6 cm³/mol. The summed E-state index contributed by atoms with van der Waals surface area (Å²) in [7, 11) is 1.46. The zero-order valence-corrected chi connectivity index (χ0v) is 14.2. The van der Waals surface area contributed by atoms with E-state index in [1.807, 2.05) is 12.1 Å². The van der Waals surface area contributed by atoms with E-state index in [0.29, 0.717) is 16.9 Å². The van der Waals surface area contributed by atoms with Gasteiger partial charge in [0.2, 0.25) is 0 Å². The number of carbonyl (C=O) groups excluding carboxylic acids is 2. The zero-order chi connectivity index (χ0) is 18.8. The van der Waals surface area contributed by atoms with Crippen molar-refractivity contribution < 1.29 is 23.8 Å². The second kappa shape index (κ2) is 9.64. The van der Waals surface area contributed by atoms with E-state index in [0.717, 1.165) is 0 Å². The first-order valence-corrected chi connectivity index (χ1v) is 7.81. The smallest absolute Gasteiger partial charge is 0.343 e. The van der Waals surface area contributed by atoms with Crippen molar-refractivity contribution >= 4 is 18.0 Å². The summed E-state index contributed by atoms with van der Waals surface area (Å²) >= 11 is 0. The molecule has 132 valence electrons. The molecular weight excluding hydrogens is 334 g/mol. The lowest BCUT2D eigenvalue weighted by atomic mass is 10.2. The molecule has 0 N–H and O–H groups in total. The van der Waals surface area contributed by atoms with Crippen molar-refractivity contribution in [2.45, 2.75) is 6.42 Å². The molecule has 2 aromatic rings. The first-order chi connectivity index (χ1) is 12.6. The summed E-state index contributed by atoms with van der Waals surface area (Å²) in [6.07, 6.45) is 2.94. The van der Waals surface area contributed by atoms with Crippen molar-refractivity contribution in [1.29, 1.82) is 5.26 Å². The number of hydrogen-bond donors (Lipinski definition) is 0. The summed E-state index contributed by atoms with van der Waals surface area (Å²) in [6.45, 7) is 0.0529. The Morgan fingerprint density at radius 1 is 1.12 bits per heavy atom. The number of nitrogens with zero attached hydrogens (tertiary/aromatic N) is 1. The Labute approximate surface area is 151 Å². The van der Waals surface area contributed by atoms with Gasteiger partial charge in [0.25, 0.3) is 0 Å². The highest BCUT2D eigenvalue weighted by molar-refractivity contribution is 5.91. The Morgan fingerprint density at radius 2 is 1.88 bits per heavy atom. The minimum absolute atomic E-state index is 0.0529. The first-order valence-electron chi connectivity index (χ1n) is 7.81. The van der Waals surface area contributed by atoms with Crippen LogP contribution in [0.3, 0.4) is 0 Å². The van der Waals surface area contributed by atoms with Crippen LogP contribution in [0.4, 0.5) is 0 Å². The molecule has 0 bridgehead atoms. The molecule has 6 heteroatoms. The molecule has 0 saturated heterocycles. The molecule has 0 heterocycles. The lowest BCUT2D eigenvalue weighted by Gasteiger charge is -2.10. The predicted octanol–water partition coefficient (Wildman–Crippen LogP) is 3.38. The minimum atomic E-state index is -0.543. The average Bonchev–Trinajstić information content (AvgIpc) is 2.68. The maximum Gasteiger partial charge on any atom is 0.343 e. The maximum atomic E-state index is 12.1. The molecule has 0 atom stereocenters. The molecule has 0 aliphatic heterocycles. The van der Waals surface area contributed by atoms with Crippen molar-refractivity contribution in [2.24, 2.45) is 0 Å². The number of methoxy groups -OCH3 is 1. The van der Waals surface area contributed by atoms with E-state index in [1.54, 1.807) is 48.5 Å². The Morgan fingerprint density at radius 3 is 2.58 bits per heavy atom. The molecule has 0 fully saturated rings. The fraction of sp³-hybridized carbons (Fsp3) is 0.150. The van der Waals surface area contributed by atoms with E-state index in [9.17, 15) is 9.59 Å². The van der Waals surface area contributed by atoms with Crippen molar-refractivity contribution in [3.63, 3.8) is 0 Å². The molecule has 0 aromatic heterocycles. The molecule has 26 heavy (non-hydrogen) atoms.